The van der Waals surface area contributed by atoms with Gasteiger partial charge in [-0.25, -0.2) is 0 Å². The summed E-state index contributed by atoms with van der Waals surface area (Å²) in [5.74, 6) is -0.268. The van der Waals surface area contributed by atoms with Crippen molar-refractivity contribution in [3.8, 4) is 0 Å². The molecule has 0 atom stereocenters. The minimum atomic E-state index is -0.148. The van der Waals surface area contributed by atoms with Crippen LogP contribution in [0.4, 0.5) is 5.69 Å². The van der Waals surface area contributed by atoms with Crippen molar-refractivity contribution in [1.82, 2.24) is 0 Å². The Balaban J connectivity index is 2.26. The number of nitrogen functional groups attached to an aromatic ring is 1. The first-order valence-corrected chi connectivity index (χ1v) is 6.75. The fraction of sp³-hybridized carbons (Fsp3) is 0.176. The molecule has 100 valence electrons. The molecule has 1 aliphatic rings. The van der Waals surface area contributed by atoms with Gasteiger partial charge < -0.3 is 5.73 Å². The van der Waals surface area contributed by atoms with E-state index in [4.69, 9.17) is 5.73 Å². The molecule has 0 fully saturated rings. The van der Waals surface area contributed by atoms with Crippen LogP contribution < -0.4 is 5.73 Å². The highest BCUT2D eigenvalue weighted by atomic mass is 16.1. The smallest absolute Gasteiger partial charge is 0.196 e. The van der Waals surface area contributed by atoms with Crippen molar-refractivity contribution in [2.24, 2.45) is 0 Å². The molecule has 2 aromatic carbocycles. The SMILES string of the molecule is CCCc1ccc2c(c1N)C(=O)c1ccccc1C2=O. The van der Waals surface area contributed by atoms with Gasteiger partial charge in [0.05, 0.1) is 5.56 Å². The van der Waals surface area contributed by atoms with Crippen LogP contribution in [0.2, 0.25) is 0 Å². The third-order valence-electron chi connectivity index (χ3n) is 3.74. The first-order chi connectivity index (χ1) is 9.65. The number of hydrogen-bond acceptors (Lipinski definition) is 3. The second-order valence-corrected chi connectivity index (χ2v) is 5.01. The van der Waals surface area contributed by atoms with Crippen LogP contribution in [0.25, 0.3) is 0 Å². The molecule has 0 saturated carbocycles. The first kappa shape index (κ1) is 12.6. The predicted octanol–water partition coefficient (Wildman–Crippen LogP) is 3.00. The van der Waals surface area contributed by atoms with Gasteiger partial charge in [-0.2, -0.15) is 0 Å². The van der Waals surface area contributed by atoms with E-state index < -0.39 is 0 Å². The van der Waals surface area contributed by atoms with Crippen molar-refractivity contribution < 1.29 is 9.59 Å². The number of carbonyl (C=O) groups excluding carboxylic acids is 2. The van der Waals surface area contributed by atoms with Crippen molar-refractivity contribution in [2.45, 2.75) is 19.8 Å². The van der Waals surface area contributed by atoms with Gasteiger partial charge in [0.15, 0.2) is 11.6 Å². The van der Waals surface area contributed by atoms with Crippen molar-refractivity contribution in [3.63, 3.8) is 0 Å². The lowest BCUT2D eigenvalue weighted by atomic mass is 9.82. The fourth-order valence-corrected chi connectivity index (χ4v) is 2.74. The summed E-state index contributed by atoms with van der Waals surface area (Å²) in [6, 6.07) is 10.5. The van der Waals surface area contributed by atoms with E-state index in [1.165, 1.54) is 0 Å². The molecule has 0 heterocycles. The Hall–Kier alpha value is -2.42. The molecule has 0 aliphatic heterocycles. The third-order valence-corrected chi connectivity index (χ3v) is 3.74. The van der Waals surface area contributed by atoms with E-state index in [0.717, 1.165) is 18.4 Å². The third kappa shape index (κ3) is 1.67. The molecule has 2 aromatic rings. The normalized spacial score (nSPS) is 13.1. The Morgan fingerprint density at radius 1 is 0.900 bits per heavy atom. The summed E-state index contributed by atoms with van der Waals surface area (Å²) in [6.07, 6.45) is 1.75. The zero-order valence-electron chi connectivity index (χ0n) is 11.3. The molecule has 0 aromatic heterocycles. The number of nitrogens with two attached hydrogens (primary N) is 1. The van der Waals surface area contributed by atoms with Crippen LogP contribution in [0, 0.1) is 0 Å². The molecule has 0 radical (unpaired) electrons. The average Bonchev–Trinajstić information content (AvgIpc) is 2.47. The van der Waals surface area contributed by atoms with E-state index in [0.29, 0.717) is 27.9 Å². The number of fused-ring (bicyclic) bond motifs is 2. The highest BCUT2D eigenvalue weighted by Crippen LogP contribution is 2.32. The van der Waals surface area contributed by atoms with Gasteiger partial charge in [-0.3, -0.25) is 9.59 Å². The molecule has 0 saturated heterocycles. The largest absolute Gasteiger partial charge is 0.398 e. The summed E-state index contributed by atoms with van der Waals surface area (Å²) < 4.78 is 0. The highest BCUT2D eigenvalue weighted by Gasteiger charge is 2.31. The van der Waals surface area contributed by atoms with Crippen LogP contribution in [-0.4, -0.2) is 11.6 Å². The Labute approximate surface area is 117 Å². The van der Waals surface area contributed by atoms with E-state index in [9.17, 15) is 9.59 Å². The number of rotatable bonds is 2. The first-order valence-electron chi connectivity index (χ1n) is 6.75. The van der Waals surface area contributed by atoms with Gasteiger partial charge in [-0.1, -0.05) is 43.7 Å². The van der Waals surface area contributed by atoms with Gasteiger partial charge in [0.2, 0.25) is 0 Å². The molecule has 0 bridgehead atoms. The number of hydrogen-bond donors (Lipinski definition) is 1. The highest BCUT2D eigenvalue weighted by molar-refractivity contribution is 6.30. The summed E-state index contributed by atoms with van der Waals surface area (Å²) in [7, 11) is 0. The molecule has 3 heteroatoms. The zero-order chi connectivity index (χ0) is 14.3. The summed E-state index contributed by atoms with van der Waals surface area (Å²) in [5.41, 5.74) is 9.23. The molecule has 0 amide bonds. The van der Waals surface area contributed by atoms with Crippen molar-refractivity contribution in [2.75, 3.05) is 5.73 Å². The van der Waals surface area contributed by atoms with Gasteiger partial charge in [-0.05, 0) is 18.1 Å². The maximum Gasteiger partial charge on any atom is 0.196 e. The second-order valence-electron chi connectivity index (χ2n) is 5.01. The van der Waals surface area contributed by atoms with Crippen LogP contribution in [-0.2, 0) is 6.42 Å². The predicted molar refractivity (Wildman–Crippen MR) is 78.2 cm³/mol. The van der Waals surface area contributed by atoms with E-state index in [1.54, 1.807) is 30.3 Å². The van der Waals surface area contributed by atoms with E-state index >= 15 is 0 Å². The molecular formula is C17H15NO2. The lowest BCUT2D eigenvalue weighted by molar-refractivity contribution is 0.0979. The summed E-state index contributed by atoms with van der Waals surface area (Å²) in [4.78, 5) is 25.1. The molecule has 3 rings (SSSR count). The number of aryl methyl sites for hydroxylation is 1. The van der Waals surface area contributed by atoms with E-state index in [2.05, 4.69) is 6.92 Å². The van der Waals surface area contributed by atoms with E-state index in [1.807, 2.05) is 6.07 Å². The summed E-state index contributed by atoms with van der Waals surface area (Å²) in [6.45, 7) is 2.06. The Morgan fingerprint density at radius 2 is 1.55 bits per heavy atom. The minimum absolute atomic E-state index is 0.120. The average molecular weight is 265 g/mol. The van der Waals surface area contributed by atoms with Gasteiger partial charge in [-0.15, -0.1) is 0 Å². The number of ketones is 2. The fourth-order valence-electron chi connectivity index (χ4n) is 2.74. The molecule has 2 N–H and O–H groups in total. The van der Waals surface area contributed by atoms with Crippen LogP contribution in [0.1, 0.15) is 50.8 Å². The molecular weight excluding hydrogens is 250 g/mol. The van der Waals surface area contributed by atoms with Gasteiger partial charge in [0.1, 0.15) is 0 Å². The van der Waals surface area contributed by atoms with Crippen molar-refractivity contribution >= 4 is 17.3 Å². The summed E-state index contributed by atoms with van der Waals surface area (Å²) in [5, 5.41) is 0. The van der Waals surface area contributed by atoms with Gasteiger partial charge >= 0.3 is 0 Å². The standard InChI is InChI=1S/C17H15NO2/c1-2-5-10-8-9-13-14(15(10)18)17(20)12-7-4-3-6-11(12)16(13)19/h3-4,6-9H,2,5,18H2,1H3. The van der Waals surface area contributed by atoms with Crippen molar-refractivity contribution in [1.29, 1.82) is 0 Å². The Morgan fingerprint density at radius 3 is 2.20 bits per heavy atom. The maximum absolute atomic E-state index is 12.6. The van der Waals surface area contributed by atoms with E-state index in [-0.39, 0.29) is 11.6 Å². The van der Waals surface area contributed by atoms with Crippen LogP contribution >= 0.6 is 0 Å². The summed E-state index contributed by atoms with van der Waals surface area (Å²) >= 11 is 0. The monoisotopic (exact) mass is 265 g/mol. The number of anilines is 1. The molecule has 20 heavy (non-hydrogen) atoms. The molecule has 3 nitrogen and oxygen atoms in total. The topological polar surface area (TPSA) is 60.2 Å². The lowest BCUT2D eigenvalue weighted by Gasteiger charge is -2.20. The van der Waals surface area contributed by atoms with Gasteiger partial charge in [0.25, 0.3) is 0 Å². The molecule has 1 aliphatic carbocycles. The Kier molecular flexibility index (Phi) is 2.90. The maximum atomic E-state index is 12.6. The van der Waals surface area contributed by atoms with Crippen LogP contribution in [0.5, 0.6) is 0 Å². The number of benzene rings is 2. The minimum Gasteiger partial charge on any atom is -0.398 e. The van der Waals surface area contributed by atoms with Crippen LogP contribution in [0.15, 0.2) is 36.4 Å². The lowest BCUT2D eigenvalue weighted by Crippen LogP contribution is -2.23. The Bertz CT molecular complexity index is 732. The quantitative estimate of drug-likeness (QED) is 0.724. The van der Waals surface area contributed by atoms with Crippen molar-refractivity contribution in [3.05, 3.63) is 64.2 Å². The molecule has 0 spiro atoms. The second kappa shape index (κ2) is 4.60. The molecule has 0 unspecified atom stereocenters. The van der Waals surface area contributed by atoms with Crippen LogP contribution in [0.3, 0.4) is 0 Å². The van der Waals surface area contributed by atoms with Gasteiger partial charge in [0, 0.05) is 22.4 Å². The number of carbonyl (C=O) groups is 2. The zero-order valence-corrected chi connectivity index (χ0v) is 11.3.